The molecule has 0 bridgehead atoms. The Labute approximate surface area is 129 Å². The van der Waals surface area contributed by atoms with E-state index in [1.54, 1.807) is 20.8 Å². The lowest BCUT2D eigenvalue weighted by atomic mass is 10.1. The smallest absolute Gasteiger partial charge is 0.413 e. The molecule has 0 unspecified atom stereocenters. The summed E-state index contributed by atoms with van der Waals surface area (Å²) in [6.45, 7) is 5.30. The highest BCUT2D eigenvalue weighted by atomic mass is 16.6. The van der Waals surface area contributed by atoms with Gasteiger partial charge in [-0.3, -0.25) is 4.90 Å². The molecule has 6 heteroatoms. The van der Waals surface area contributed by atoms with Crippen LogP contribution in [0.25, 0.3) is 0 Å². The van der Waals surface area contributed by atoms with E-state index in [2.05, 4.69) is 0 Å². The summed E-state index contributed by atoms with van der Waals surface area (Å²) in [6.07, 6.45) is -1.07. The number of ether oxygens (including phenoxy) is 3. The summed E-state index contributed by atoms with van der Waals surface area (Å²) in [5.41, 5.74) is -0.0667. The molecule has 0 N–H and O–H groups in total. The molecule has 1 heterocycles. The van der Waals surface area contributed by atoms with Crippen LogP contribution in [0.3, 0.4) is 0 Å². The van der Waals surface area contributed by atoms with E-state index in [1.165, 1.54) is 12.0 Å². The predicted octanol–water partition coefficient (Wildman–Crippen LogP) is 2.32. The molecule has 1 aliphatic heterocycles. The van der Waals surface area contributed by atoms with Crippen LogP contribution in [0.4, 0.5) is 4.79 Å². The lowest BCUT2D eigenvalue weighted by Gasteiger charge is -2.31. The van der Waals surface area contributed by atoms with Gasteiger partial charge in [0.25, 0.3) is 0 Å². The molecule has 1 saturated heterocycles. The van der Waals surface area contributed by atoms with Crippen LogP contribution >= 0.6 is 0 Å². The number of esters is 1. The first kappa shape index (κ1) is 16.3. The average molecular weight is 307 g/mol. The molecule has 6 nitrogen and oxygen atoms in total. The Morgan fingerprint density at radius 2 is 1.91 bits per heavy atom. The second-order valence-electron chi connectivity index (χ2n) is 5.65. The van der Waals surface area contributed by atoms with Gasteiger partial charge in [-0.1, -0.05) is 30.3 Å². The average Bonchev–Trinajstić information content (AvgIpc) is 2.74. The summed E-state index contributed by atoms with van der Waals surface area (Å²) in [5, 5.41) is 0. The van der Waals surface area contributed by atoms with Gasteiger partial charge in [-0.25, -0.2) is 9.59 Å². The van der Waals surface area contributed by atoms with Crippen LogP contribution in [0.2, 0.25) is 0 Å². The summed E-state index contributed by atoms with van der Waals surface area (Å²) in [6, 6.07) is 8.52. The van der Waals surface area contributed by atoms with Crippen LogP contribution in [-0.2, 0) is 25.6 Å². The van der Waals surface area contributed by atoms with Gasteiger partial charge in [0.1, 0.15) is 12.3 Å². The molecule has 1 amide bonds. The summed E-state index contributed by atoms with van der Waals surface area (Å²) in [5.74, 6) is -0.519. The molecule has 0 spiro atoms. The first-order chi connectivity index (χ1) is 10.4. The maximum atomic E-state index is 12.4. The van der Waals surface area contributed by atoms with Crippen molar-refractivity contribution in [3.8, 4) is 0 Å². The monoisotopic (exact) mass is 307 g/mol. The Morgan fingerprint density at radius 3 is 2.50 bits per heavy atom. The highest BCUT2D eigenvalue weighted by molar-refractivity contribution is 5.83. The van der Waals surface area contributed by atoms with E-state index in [0.717, 1.165) is 5.56 Å². The number of benzene rings is 1. The molecule has 1 aromatic carbocycles. The number of hydrogen-bond acceptors (Lipinski definition) is 5. The molecule has 0 saturated carbocycles. The largest absolute Gasteiger partial charge is 0.467 e. The van der Waals surface area contributed by atoms with Crippen molar-refractivity contribution in [2.75, 3.05) is 7.11 Å². The number of nitrogens with zero attached hydrogens (tertiary/aromatic N) is 1. The minimum absolute atomic E-state index is 0.133. The lowest BCUT2D eigenvalue weighted by molar-refractivity contribution is -0.146. The van der Waals surface area contributed by atoms with Gasteiger partial charge < -0.3 is 14.2 Å². The van der Waals surface area contributed by atoms with Crippen molar-refractivity contribution in [1.82, 2.24) is 4.90 Å². The number of hydrogen-bond donors (Lipinski definition) is 0. The molecule has 0 aliphatic carbocycles. The molecule has 1 fully saturated rings. The fourth-order valence-corrected chi connectivity index (χ4v) is 2.66. The van der Waals surface area contributed by atoms with Crippen molar-refractivity contribution < 1.29 is 23.8 Å². The molecule has 2 rings (SSSR count). The first-order valence-corrected chi connectivity index (χ1v) is 7.12. The second-order valence-corrected chi connectivity index (χ2v) is 5.65. The lowest BCUT2D eigenvalue weighted by Crippen LogP contribution is -2.51. The summed E-state index contributed by atoms with van der Waals surface area (Å²) in [7, 11) is 1.29. The Balaban J connectivity index is 2.12. The normalized spacial score (nSPS) is 23.2. The quantitative estimate of drug-likeness (QED) is 0.802. The maximum absolute atomic E-state index is 12.4. The highest BCUT2D eigenvalue weighted by Gasteiger charge is 2.52. The Kier molecular flexibility index (Phi) is 4.71. The number of carbonyl (C=O) groups is 2. The van der Waals surface area contributed by atoms with Gasteiger partial charge in [0, 0.05) is 0 Å². The van der Waals surface area contributed by atoms with Crippen LogP contribution in [0, 0.1) is 0 Å². The molecule has 22 heavy (non-hydrogen) atoms. The second kappa shape index (κ2) is 6.36. The summed E-state index contributed by atoms with van der Waals surface area (Å²) >= 11 is 0. The van der Waals surface area contributed by atoms with Gasteiger partial charge in [-0.05, 0) is 26.3 Å². The van der Waals surface area contributed by atoms with Crippen molar-refractivity contribution >= 4 is 12.1 Å². The van der Waals surface area contributed by atoms with E-state index in [9.17, 15) is 9.59 Å². The molecule has 1 aliphatic rings. The van der Waals surface area contributed by atoms with Crippen molar-refractivity contribution in [2.45, 2.75) is 45.2 Å². The third-order valence-corrected chi connectivity index (χ3v) is 3.62. The fourth-order valence-electron chi connectivity index (χ4n) is 2.66. The minimum Gasteiger partial charge on any atom is -0.467 e. The van der Waals surface area contributed by atoms with Gasteiger partial charge in [-0.15, -0.1) is 0 Å². The molecule has 0 aromatic heterocycles. The first-order valence-electron chi connectivity index (χ1n) is 7.12. The van der Waals surface area contributed by atoms with Crippen LogP contribution in [0.5, 0.6) is 0 Å². The molecule has 2 atom stereocenters. The standard InChI is InChI=1S/C16H21NO5/c1-11-13(14(18)20-4)17(16(2,3)22-11)15(19)21-10-12-8-6-5-7-9-12/h5-9,11,13H,10H2,1-4H3/t11-,13+/m0/s1. The van der Waals surface area contributed by atoms with Crippen molar-refractivity contribution in [2.24, 2.45) is 0 Å². The van der Waals surface area contributed by atoms with Gasteiger partial charge in [0.05, 0.1) is 13.2 Å². The van der Waals surface area contributed by atoms with E-state index in [1.807, 2.05) is 30.3 Å². The van der Waals surface area contributed by atoms with E-state index in [0.29, 0.717) is 0 Å². The zero-order chi connectivity index (χ0) is 16.3. The van der Waals surface area contributed by atoms with Crippen molar-refractivity contribution in [3.63, 3.8) is 0 Å². The van der Waals surface area contributed by atoms with Crippen molar-refractivity contribution in [3.05, 3.63) is 35.9 Å². The predicted molar refractivity (Wildman–Crippen MR) is 78.9 cm³/mol. The SMILES string of the molecule is COC(=O)[C@H]1[C@H](C)OC(C)(C)N1C(=O)OCc1ccccc1. The zero-order valence-electron chi connectivity index (χ0n) is 13.2. The number of methoxy groups -OCH3 is 1. The highest BCUT2D eigenvalue weighted by Crippen LogP contribution is 2.33. The van der Waals surface area contributed by atoms with Gasteiger partial charge in [-0.2, -0.15) is 0 Å². The molecule has 1 aromatic rings. The topological polar surface area (TPSA) is 65.1 Å². The molecule has 0 radical (unpaired) electrons. The number of rotatable bonds is 3. The Hall–Kier alpha value is -2.08. The molecular weight excluding hydrogens is 286 g/mol. The number of carbonyl (C=O) groups excluding carboxylic acids is 2. The van der Waals surface area contributed by atoms with E-state index < -0.39 is 29.9 Å². The van der Waals surface area contributed by atoms with Crippen LogP contribution < -0.4 is 0 Å². The third kappa shape index (κ3) is 3.22. The summed E-state index contributed by atoms with van der Waals surface area (Å²) in [4.78, 5) is 25.7. The maximum Gasteiger partial charge on any atom is 0.413 e. The van der Waals surface area contributed by atoms with Gasteiger partial charge in [0.15, 0.2) is 6.04 Å². The van der Waals surface area contributed by atoms with Gasteiger partial charge >= 0.3 is 12.1 Å². The minimum atomic E-state index is -0.938. The van der Waals surface area contributed by atoms with Crippen LogP contribution in [0.15, 0.2) is 30.3 Å². The Bertz CT molecular complexity index is 543. The van der Waals surface area contributed by atoms with E-state index in [-0.39, 0.29) is 6.61 Å². The Morgan fingerprint density at radius 1 is 1.27 bits per heavy atom. The fraction of sp³-hybridized carbons (Fsp3) is 0.500. The molecule has 120 valence electrons. The molecular formula is C16H21NO5. The van der Waals surface area contributed by atoms with Crippen LogP contribution in [-0.4, -0.2) is 41.9 Å². The van der Waals surface area contributed by atoms with Gasteiger partial charge in [0.2, 0.25) is 0 Å². The number of amides is 1. The van der Waals surface area contributed by atoms with Crippen LogP contribution in [0.1, 0.15) is 26.3 Å². The van der Waals surface area contributed by atoms with E-state index in [4.69, 9.17) is 14.2 Å². The van der Waals surface area contributed by atoms with E-state index >= 15 is 0 Å². The third-order valence-electron chi connectivity index (χ3n) is 3.62. The zero-order valence-corrected chi connectivity index (χ0v) is 13.2. The van der Waals surface area contributed by atoms with Crippen molar-refractivity contribution in [1.29, 1.82) is 0 Å². The summed E-state index contributed by atoms with van der Waals surface area (Å²) < 4.78 is 15.8.